The molecule has 2 saturated heterocycles. The van der Waals surface area contributed by atoms with Gasteiger partial charge >= 0.3 is 11.9 Å². The molecule has 0 radical (unpaired) electrons. The van der Waals surface area contributed by atoms with Gasteiger partial charge in [-0.05, 0) is 57.8 Å². The van der Waals surface area contributed by atoms with E-state index in [0.29, 0.717) is 12.8 Å². The van der Waals surface area contributed by atoms with Gasteiger partial charge in [-0.1, -0.05) is 223 Å². The van der Waals surface area contributed by atoms with Crippen molar-refractivity contribution in [2.45, 2.75) is 313 Å². The molecular formula is C63H112O15. The smallest absolute Gasteiger partial charge is 0.306 e. The van der Waals surface area contributed by atoms with Crippen molar-refractivity contribution in [3.05, 3.63) is 48.6 Å². The van der Waals surface area contributed by atoms with Gasteiger partial charge in [-0.3, -0.25) is 9.59 Å². The summed E-state index contributed by atoms with van der Waals surface area (Å²) in [5, 5.41) is 72.4. The first-order valence-electron chi connectivity index (χ1n) is 31.2. The van der Waals surface area contributed by atoms with Crippen molar-refractivity contribution < 1.29 is 73.8 Å². The van der Waals surface area contributed by atoms with Gasteiger partial charge in [0.2, 0.25) is 0 Å². The molecule has 2 aliphatic heterocycles. The Labute approximate surface area is 471 Å². The largest absolute Gasteiger partial charge is 0.462 e. The highest BCUT2D eigenvalue weighted by atomic mass is 16.7. The van der Waals surface area contributed by atoms with E-state index in [2.05, 4.69) is 62.5 Å². The average Bonchev–Trinajstić information content (AvgIpc) is 3.43. The van der Waals surface area contributed by atoms with Crippen molar-refractivity contribution in [2.75, 3.05) is 26.4 Å². The van der Waals surface area contributed by atoms with E-state index >= 15 is 0 Å². The van der Waals surface area contributed by atoms with Crippen molar-refractivity contribution in [3.63, 3.8) is 0 Å². The first kappa shape index (κ1) is 71.6. The molecule has 78 heavy (non-hydrogen) atoms. The van der Waals surface area contributed by atoms with Gasteiger partial charge < -0.3 is 64.2 Å². The van der Waals surface area contributed by atoms with Gasteiger partial charge in [0.05, 0.1) is 19.8 Å². The molecule has 0 amide bonds. The Morgan fingerprint density at radius 3 is 1.23 bits per heavy atom. The van der Waals surface area contributed by atoms with Crippen LogP contribution in [0.15, 0.2) is 48.6 Å². The number of rotatable bonds is 50. The summed E-state index contributed by atoms with van der Waals surface area (Å²) in [5.41, 5.74) is 0. The molecule has 15 nitrogen and oxygen atoms in total. The standard InChI is InChI=1S/C63H112O15/c1-3-5-7-9-11-13-15-17-19-21-23-24-25-26-28-29-31-33-35-37-39-41-43-45-54(65)73-48-51(76-55(66)46-44-42-40-38-36-34-32-30-27-22-20-18-16-14-12-10-8-6-4-2)49-74-62-61(72)59(70)57(68)53(78-62)50-75-63-60(71)58(69)56(67)52(47-64)77-63/h12,14,18,20,27,30,34,36,51-53,56-64,67-72H,3-11,13,15-17,19,21-26,28-29,31-33,35,37-50H2,1-2H3/b14-12+,20-18+,30-27+,36-34+/t51-,52+,53+,56-,57-,58?,59?,60?,61?,62+,63+/m0/s1. The quantitative estimate of drug-likeness (QED) is 0.0171. The second-order valence-electron chi connectivity index (χ2n) is 21.9. The Bertz CT molecular complexity index is 1540. The Hall–Kier alpha value is -2.54. The van der Waals surface area contributed by atoms with Crippen molar-refractivity contribution in [3.8, 4) is 0 Å². The number of esters is 2. The SMILES string of the molecule is CCCCC/C=C/C/C=C/C/C=C/C/C=C/CCCCCC(=O)O[C@@H](COC(=O)CCCCCCCCCCCCCCCCCCCCCCCCC)CO[C@@H]1O[C@H](CO[C@@H]2O[C@H](CO)[C@H](O)C(O)C2O)[C@H](O)C(O)C1O. The minimum absolute atomic E-state index is 0.128. The van der Waals surface area contributed by atoms with Crippen LogP contribution in [0, 0.1) is 0 Å². The van der Waals surface area contributed by atoms with Crippen molar-refractivity contribution in [1.82, 2.24) is 0 Å². The number of hydrogen-bond donors (Lipinski definition) is 7. The lowest BCUT2D eigenvalue weighted by Gasteiger charge is -2.42. The molecule has 0 bridgehead atoms. The Morgan fingerprint density at radius 1 is 0.410 bits per heavy atom. The Balaban J connectivity index is 1.73. The fourth-order valence-corrected chi connectivity index (χ4v) is 9.73. The van der Waals surface area contributed by atoms with E-state index < -0.39 is 99.3 Å². The van der Waals surface area contributed by atoms with Gasteiger partial charge in [-0.25, -0.2) is 0 Å². The minimum Gasteiger partial charge on any atom is -0.462 e. The van der Waals surface area contributed by atoms with Crippen molar-refractivity contribution in [1.29, 1.82) is 0 Å². The van der Waals surface area contributed by atoms with E-state index in [1.54, 1.807) is 0 Å². The van der Waals surface area contributed by atoms with Gasteiger partial charge in [0.15, 0.2) is 18.7 Å². The zero-order valence-electron chi connectivity index (χ0n) is 48.7. The summed E-state index contributed by atoms with van der Waals surface area (Å²) in [6.45, 7) is 2.57. The Morgan fingerprint density at radius 2 is 0.769 bits per heavy atom. The fraction of sp³-hybridized carbons (Fsp3) is 0.841. The van der Waals surface area contributed by atoms with Crippen LogP contribution in [0.25, 0.3) is 0 Å². The lowest BCUT2D eigenvalue weighted by atomic mass is 9.98. The average molecular weight is 1110 g/mol. The van der Waals surface area contributed by atoms with E-state index in [0.717, 1.165) is 64.2 Å². The normalized spacial score (nSPS) is 24.3. The van der Waals surface area contributed by atoms with E-state index in [1.807, 2.05) is 0 Å². The molecule has 2 heterocycles. The molecule has 2 aliphatic rings. The topological polar surface area (TPSA) is 231 Å². The van der Waals surface area contributed by atoms with Gasteiger partial charge in [-0.2, -0.15) is 0 Å². The molecule has 0 spiro atoms. The van der Waals surface area contributed by atoms with Crippen molar-refractivity contribution in [2.24, 2.45) is 0 Å². The zero-order valence-corrected chi connectivity index (χ0v) is 48.7. The molecule has 2 rings (SSSR count). The first-order chi connectivity index (χ1) is 38.0. The summed E-state index contributed by atoms with van der Waals surface area (Å²) in [6.07, 6.45) is 41.3. The van der Waals surface area contributed by atoms with E-state index in [-0.39, 0.29) is 19.4 Å². The first-order valence-corrected chi connectivity index (χ1v) is 31.2. The molecule has 11 atom stereocenters. The number of aliphatic hydroxyl groups excluding tert-OH is 7. The van der Waals surface area contributed by atoms with Crippen LogP contribution >= 0.6 is 0 Å². The van der Waals surface area contributed by atoms with E-state index in [9.17, 15) is 45.3 Å². The number of hydrogen-bond acceptors (Lipinski definition) is 15. The maximum absolute atomic E-state index is 13.1. The molecule has 7 N–H and O–H groups in total. The van der Waals surface area contributed by atoms with Gasteiger partial charge in [0.1, 0.15) is 55.4 Å². The summed E-state index contributed by atoms with van der Waals surface area (Å²) >= 11 is 0. The number of unbranched alkanes of at least 4 members (excludes halogenated alkanes) is 28. The summed E-state index contributed by atoms with van der Waals surface area (Å²) in [5.74, 6) is -0.951. The second kappa shape index (κ2) is 49.1. The van der Waals surface area contributed by atoms with Gasteiger partial charge in [0, 0.05) is 12.8 Å². The van der Waals surface area contributed by atoms with Crippen LogP contribution in [0.5, 0.6) is 0 Å². The van der Waals surface area contributed by atoms with Crippen LogP contribution in [0.4, 0.5) is 0 Å². The molecule has 0 saturated carbocycles. The third-order valence-electron chi connectivity index (χ3n) is 14.8. The molecule has 2 fully saturated rings. The monoisotopic (exact) mass is 1110 g/mol. The third kappa shape index (κ3) is 35.3. The van der Waals surface area contributed by atoms with Crippen LogP contribution in [0.3, 0.4) is 0 Å². The molecule has 0 aromatic heterocycles. The minimum atomic E-state index is -1.77. The molecule has 0 aromatic carbocycles. The van der Waals surface area contributed by atoms with E-state index in [1.165, 1.54) is 141 Å². The predicted molar refractivity (Wildman–Crippen MR) is 307 cm³/mol. The maximum atomic E-state index is 13.1. The second-order valence-corrected chi connectivity index (χ2v) is 21.9. The van der Waals surface area contributed by atoms with E-state index in [4.69, 9.17) is 28.4 Å². The van der Waals surface area contributed by atoms with Crippen LogP contribution in [0.1, 0.15) is 245 Å². The molecule has 15 heteroatoms. The van der Waals surface area contributed by atoms with Crippen LogP contribution in [-0.2, 0) is 38.0 Å². The lowest BCUT2D eigenvalue weighted by Crippen LogP contribution is -2.61. The highest BCUT2D eigenvalue weighted by Crippen LogP contribution is 2.27. The highest BCUT2D eigenvalue weighted by Gasteiger charge is 2.47. The lowest BCUT2D eigenvalue weighted by molar-refractivity contribution is -0.332. The Kier molecular flexibility index (Phi) is 45.1. The summed E-state index contributed by atoms with van der Waals surface area (Å²) < 4.78 is 33.7. The molecule has 0 aromatic rings. The molecule has 4 unspecified atom stereocenters. The van der Waals surface area contributed by atoms with Gasteiger partial charge in [0.25, 0.3) is 0 Å². The molecule has 0 aliphatic carbocycles. The predicted octanol–water partition coefficient (Wildman–Crippen LogP) is 11.4. The molecule has 454 valence electrons. The number of allylic oxidation sites excluding steroid dienone is 8. The number of carbonyl (C=O) groups excluding carboxylic acids is 2. The highest BCUT2D eigenvalue weighted by molar-refractivity contribution is 5.70. The van der Waals surface area contributed by atoms with Crippen LogP contribution in [-0.4, -0.2) is 142 Å². The van der Waals surface area contributed by atoms with Crippen molar-refractivity contribution >= 4 is 11.9 Å². The number of carbonyl (C=O) groups is 2. The van der Waals surface area contributed by atoms with Crippen LogP contribution < -0.4 is 0 Å². The number of aliphatic hydroxyl groups is 7. The maximum Gasteiger partial charge on any atom is 0.306 e. The third-order valence-corrected chi connectivity index (χ3v) is 14.8. The van der Waals surface area contributed by atoms with Crippen LogP contribution in [0.2, 0.25) is 0 Å². The summed E-state index contributed by atoms with van der Waals surface area (Å²) in [7, 11) is 0. The molecular weight excluding hydrogens is 997 g/mol. The van der Waals surface area contributed by atoms with Gasteiger partial charge in [-0.15, -0.1) is 0 Å². The fourth-order valence-electron chi connectivity index (χ4n) is 9.73. The number of ether oxygens (including phenoxy) is 6. The summed E-state index contributed by atoms with van der Waals surface area (Å²) in [4.78, 5) is 25.9. The summed E-state index contributed by atoms with van der Waals surface area (Å²) in [6, 6.07) is 0. The zero-order chi connectivity index (χ0) is 56.7.